The van der Waals surface area contributed by atoms with Gasteiger partial charge in [0.2, 0.25) is 0 Å². The van der Waals surface area contributed by atoms with Crippen LogP contribution in [0.5, 0.6) is 0 Å². The van der Waals surface area contributed by atoms with Crippen LogP contribution in [0.15, 0.2) is 30.8 Å². The lowest BCUT2D eigenvalue weighted by Gasteiger charge is -2.24. The van der Waals surface area contributed by atoms with Crippen molar-refractivity contribution in [2.24, 2.45) is 0 Å². The largest absolute Gasteiger partial charge is 0.500 e. The molecule has 0 aliphatic carbocycles. The van der Waals surface area contributed by atoms with E-state index in [1.807, 2.05) is 18.2 Å². The van der Waals surface area contributed by atoms with Crippen LogP contribution in [0, 0.1) is 0 Å². The fourth-order valence-electron chi connectivity index (χ4n) is 1.89. The van der Waals surface area contributed by atoms with Crippen LogP contribution in [-0.2, 0) is 24.6 Å². The van der Waals surface area contributed by atoms with Crippen LogP contribution in [0.4, 0.5) is 0 Å². The molecule has 0 saturated heterocycles. The second-order valence-corrected chi connectivity index (χ2v) is 7.49. The first-order valence-electron chi connectivity index (χ1n) is 6.64. The molecule has 112 valence electrons. The van der Waals surface area contributed by atoms with Gasteiger partial charge in [0, 0.05) is 34.0 Å². The lowest BCUT2D eigenvalue weighted by Crippen LogP contribution is -2.42. The smallest absolute Gasteiger partial charge is 0.377 e. The quantitative estimate of drug-likeness (QED) is 0.491. The van der Waals surface area contributed by atoms with Gasteiger partial charge >= 0.3 is 8.80 Å². The molecule has 0 radical (unpaired) electrons. The summed E-state index contributed by atoms with van der Waals surface area (Å²) in [7, 11) is 2.43. The molecule has 0 unspecified atom stereocenters. The summed E-state index contributed by atoms with van der Waals surface area (Å²) in [6.45, 7) is 5.00. The molecule has 0 aliphatic rings. The van der Waals surface area contributed by atoms with Crippen molar-refractivity contribution in [1.29, 1.82) is 0 Å². The lowest BCUT2D eigenvalue weighted by atomic mass is 10.1. The van der Waals surface area contributed by atoms with Crippen LogP contribution < -0.4 is 0 Å². The molecule has 0 amide bonds. The van der Waals surface area contributed by atoms with Crippen LogP contribution in [0.3, 0.4) is 0 Å². The third-order valence-electron chi connectivity index (χ3n) is 3.19. The molecule has 0 atom stereocenters. The van der Waals surface area contributed by atoms with E-state index < -0.39 is 8.80 Å². The minimum Gasteiger partial charge on any atom is -0.377 e. The van der Waals surface area contributed by atoms with Crippen molar-refractivity contribution in [3.63, 3.8) is 0 Å². The fraction of sp³-hybridized carbons (Fsp3) is 0.467. The Hall–Kier alpha value is -0.983. The molecule has 1 rings (SSSR count). The van der Waals surface area contributed by atoms with Crippen molar-refractivity contribution in [3.8, 4) is 0 Å². The summed E-state index contributed by atoms with van der Waals surface area (Å²) in [4.78, 5) is 0. The van der Waals surface area contributed by atoms with Crippen molar-refractivity contribution in [2.75, 3.05) is 27.9 Å². The maximum absolute atomic E-state index is 5.65. The van der Waals surface area contributed by atoms with Gasteiger partial charge in [-0.1, -0.05) is 36.9 Å². The van der Waals surface area contributed by atoms with Crippen molar-refractivity contribution in [1.82, 2.24) is 0 Å². The van der Waals surface area contributed by atoms with Crippen molar-refractivity contribution in [3.05, 3.63) is 42.0 Å². The summed E-state index contributed by atoms with van der Waals surface area (Å²) in [6.07, 6.45) is 2.68. The van der Waals surface area contributed by atoms with E-state index in [0.29, 0.717) is 13.2 Å². The summed E-state index contributed by atoms with van der Waals surface area (Å²) in [6, 6.07) is 8.92. The van der Waals surface area contributed by atoms with Gasteiger partial charge in [-0.15, -0.1) is 0 Å². The molecule has 1 aromatic carbocycles. The van der Waals surface area contributed by atoms with Crippen molar-refractivity contribution < 1.29 is 18.0 Å². The van der Waals surface area contributed by atoms with E-state index in [4.69, 9.17) is 18.0 Å². The minimum atomic E-state index is -2.45. The van der Waals surface area contributed by atoms with E-state index in [1.165, 1.54) is 0 Å². The van der Waals surface area contributed by atoms with E-state index in [2.05, 4.69) is 18.7 Å². The summed E-state index contributed by atoms with van der Waals surface area (Å²) in [5.41, 5.74) is 2.27. The Balaban J connectivity index is 2.25. The predicted octanol–water partition coefficient (Wildman–Crippen LogP) is 3.11. The number of hydrogen-bond donors (Lipinski definition) is 0. The molecular formula is C15H24O4Si. The number of ether oxygens (including phenoxy) is 1. The summed E-state index contributed by atoms with van der Waals surface area (Å²) in [5.74, 6) is 0. The van der Waals surface area contributed by atoms with Gasteiger partial charge in [-0.05, 0) is 17.5 Å². The molecule has 0 fully saturated rings. The van der Waals surface area contributed by atoms with Gasteiger partial charge in [0.15, 0.2) is 0 Å². The third-order valence-corrected chi connectivity index (χ3v) is 6.02. The average Bonchev–Trinajstić information content (AvgIpc) is 2.52. The molecule has 4 nitrogen and oxygen atoms in total. The fourth-order valence-corrected chi connectivity index (χ4v) is 3.58. The Bertz CT molecular complexity index is 379. The van der Waals surface area contributed by atoms with Crippen LogP contribution in [0.2, 0.25) is 6.04 Å². The first-order chi connectivity index (χ1) is 9.69. The van der Waals surface area contributed by atoms with E-state index in [0.717, 1.165) is 23.6 Å². The minimum absolute atomic E-state index is 0.610. The zero-order valence-electron chi connectivity index (χ0n) is 12.6. The number of hydrogen-bond acceptors (Lipinski definition) is 4. The Labute approximate surface area is 122 Å². The molecule has 1 aromatic rings. The lowest BCUT2D eigenvalue weighted by molar-refractivity contribution is 0.101. The molecular weight excluding hydrogens is 272 g/mol. The van der Waals surface area contributed by atoms with E-state index in [1.54, 1.807) is 21.3 Å². The standard InChI is InChI=1S/C15H24O4Si/c1-5-14-7-9-15(10-8-14)13-19-11-6-12-20(16-2,17-3)18-4/h5,7-10H,1,6,11-13H2,2-4H3. The van der Waals surface area contributed by atoms with E-state index in [-0.39, 0.29) is 0 Å². The van der Waals surface area contributed by atoms with Gasteiger partial charge in [-0.3, -0.25) is 0 Å². The van der Waals surface area contributed by atoms with E-state index >= 15 is 0 Å². The second kappa shape index (κ2) is 9.04. The predicted molar refractivity (Wildman–Crippen MR) is 82.4 cm³/mol. The van der Waals surface area contributed by atoms with Crippen LogP contribution in [-0.4, -0.2) is 36.7 Å². The van der Waals surface area contributed by atoms with Crippen LogP contribution in [0.25, 0.3) is 6.08 Å². The summed E-state index contributed by atoms with van der Waals surface area (Å²) >= 11 is 0. The second-order valence-electron chi connectivity index (χ2n) is 4.40. The zero-order chi connectivity index (χ0) is 14.8. The topological polar surface area (TPSA) is 36.9 Å². The molecule has 0 spiro atoms. The van der Waals surface area contributed by atoms with Gasteiger partial charge in [-0.2, -0.15) is 0 Å². The maximum Gasteiger partial charge on any atom is 0.500 e. The van der Waals surface area contributed by atoms with Crippen LogP contribution in [0.1, 0.15) is 17.5 Å². The normalized spacial score (nSPS) is 11.6. The number of rotatable bonds is 10. The first kappa shape index (κ1) is 17.1. The zero-order valence-corrected chi connectivity index (χ0v) is 13.6. The summed E-state index contributed by atoms with van der Waals surface area (Å²) < 4.78 is 21.7. The Morgan fingerprint density at radius 1 is 1.05 bits per heavy atom. The van der Waals surface area contributed by atoms with E-state index in [9.17, 15) is 0 Å². The maximum atomic E-state index is 5.65. The molecule has 0 N–H and O–H groups in total. The monoisotopic (exact) mass is 296 g/mol. The van der Waals surface area contributed by atoms with Crippen LogP contribution >= 0.6 is 0 Å². The number of benzene rings is 1. The highest BCUT2D eigenvalue weighted by Gasteiger charge is 2.36. The molecule has 0 aliphatic heterocycles. The molecule has 5 heteroatoms. The molecule has 0 heterocycles. The Kier molecular flexibility index (Phi) is 7.72. The highest BCUT2D eigenvalue weighted by Crippen LogP contribution is 2.15. The average molecular weight is 296 g/mol. The molecule has 20 heavy (non-hydrogen) atoms. The Morgan fingerprint density at radius 3 is 2.15 bits per heavy atom. The van der Waals surface area contributed by atoms with Gasteiger partial charge in [0.05, 0.1) is 6.61 Å². The highest BCUT2D eigenvalue weighted by molar-refractivity contribution is 6.60. The highest BCUT2D eigenvalue weighted by atomic mass is 28.4. The van der Waals surface area contributed by atoms with Gasteiger partial charge in [-0.25, -0.2) is 0 Å². The molecule has 0 aromatic heterocycles. The SMILES string of the molecule is C=Cc1ccc(COCCC[Si](OC)(OC)OC)cc1. The molecule has 0 bridgehead atoms. The summed E-state index contributed by atoms with van der Waals surface area (Å²) in [5, 5.41) is 0. The van der Waals surface area contributed by atoms with Gasteiger partial charge in [0.25, 0.3) is 0 Å². The van der Waals surface area contributed by atoms with Gasteiger partial charge < -0.3 is 18.0 Å². The van der Waals surface area contributed by atoms with Gasteiger partial charge in [0.1, 0.15) is 0 Å². The third kappa shape index (κ3) is 5.18. The van der Waals surface area contributed by atoms with Crippen molar-refractivity contribution in [2.45, 2.75) is 19.1 Å². The molecule has 0 saturated carbocycles. The van der Waals surface area contributed by atoms with Crippen molar-refractivity contribution >= 4 is 14.9 Å². The Morgan fingerprint density at radius 2 is 1.65 bits per heavy atom. The first-order valence-corrected chi connectivity index (χ1v) is 8.57.